The number of hydrogen-bond acceptors (Lipinski definition) is 2. The van der Waals surface area contributed by atoms with Crippen LogP contribution < -0.4 is 10.6 Å². The number of ether oxygens (including phenoxy) is 1. The van der Waals surface area contributed by atoms with Gasteiger partial charge in [-0.25, -0.2) is 0 Å². The van der Waals surface area contributed by atoms with Crippen LogP contribution in [0.3, 0.4) is 0 Å². The maximum atomic E-state index is 14.6. The molecule has 1 heterocycles. The molecule has 0 N–H and O–H groups in total. The largest absolute Gasteiger partial charge is 0.492 e. The highest BCUT2D eigenvalue weighted by Crippen LogP contribution is 2.50. The molecule has 3 aromatic rings. The lowest BCUT2D eigenvalue weighted by Gasteiger charge is -2.23. The lowest BCUT2D eigenvalue weighted by Crippen LogP contribution is -2.21. The van der Waals surface area contributed by atoms with Crippen molar-refractivity contribution in [1.82, 2.24) is 0 Å². The fraction of sp³-hybridized carbons (Fsp3) is 0.154. The molecule has 0 amide bonds. The van der Waals surface area contributed by atoms with Crippen molar-refractivity contribution < 1.29 is 9.30 Å². The zero-order chi connectivity index (χ0) is 21.1. The van der Waals surface area contributed by atoms with Crippen LogP contribution in [0.25, 0.3) is 5.76 Å². The summed E-state index contributed by atoms with van der Waals surface area (Å²) in [5, 5.41) is 2.38. The Balaban J connectivity index is 1.87. The molecule has 2 nitrogen and oxygen atoms in total. The van der Waals surface area contributed by atoms with Crippen molar-refractivity contribution in [3.63, 3.8) is 0 Å². The second-order valence-corrected chi connectivity index (χ2v) is 10.9. The Morgan fingerprint density at radius 1 is 0.967 bits per heavy atom. The van der Waals surface area contributed by atoms with Gasteiger partial charge in [-0.3, -0.25) is 0 Å². The Bertz CT molecular complexity index is 1080. The zero-order valence-electron chi connectivity index (χ0n) is 16.9. The fourth-order valence-corrected chi connectivity index (χ4v) is 6.86. The number of halogens is 1. The van der Waals surface area contributed by atoms with E-state index in [1.54, 1.807) is 0 Å². The van der Waals surface area contributed by atoms with E-state index in [1.165, 1.54) is 0 Å². The van der Waals surface area contributed by atoms with E-state index in [0.717, 1.165) is 33.1 Å². The normalized spacial score (nSPS) is 16.4. The molecule has 30 heavy (non-hydrogen) atoms. The number of rotatable bonds is 6. The van der Waals surface area contributed by atoms with Gasteiger partial charge < -0.3 is 9.30 Å². The molecule has 4 heteroatoms. The average Bonchev–Trinajstić information content (AvgIpc) is 3.19. The molecule has 0 aromatic heterocycles. The maximum Gasteiger partial charge on any atom is 0.147 e. The molecule has 0 saturated carbocycles. The van der Waals surface area contributed by atoms with Gasteiger partial charge in [-0.05, 0) is 36.8 Å². The molecule has 1 aliphatic rings. The van der Waals surface area contributed by atoms with Crippen LogP contribution in [0.2, 0.25) is 5.02 Å². The highest BCUT2D eigenvalue weighted by atomic mass is 35.5. The van der Waals surface area contributed by atoms with Crippen molar-refractivity contribution in [1.29, 1.82) is 0 Å². The minimum atomic E-state index is -2.92. The van der Waals surface area contributed by atoms with Crippen LogP contribution in [0.5, 0.6) is 0 Å². The van der Waals surface area contributed by atoms with Crippen LogP contribution in [-0.2, 0) is 9.30 Å². The number of hydrogen-bond donors (Lipinski definition) is 0. The lowest BCUT2D eigenvalue weighted by atomic mass is 9.94. The highest BCUT2D eigenvalue weighted by molar-refractivity contribution is 7.78. The monoisotopic (exact) mass is 434 g/mol. The van der Waals surface area contributed by atoms with Gasteiger partial charge in [0.1, 0.15) is 12.9 Å². The van der Waals surface area contributed by atoms with E-state index in [-0.39, 0.29) is 5.92 Å². The van der Waals surface area contributed by atoms with Gasteiger partial charge in [0, 0.05) is 33.3 Å². The van der Waals surface area contributed by atoms with Crippen LogP contribution in [0.1, 0.15) is 12.5 Å². The Morgan fingerprint density at radius 2 is 1.50 bits per heavy atom. The van der Waals surface area contributed by atoms with Gasteiger partial charge >= 0.3 is 0 Å². The molecule has 1 atom stereocenters. The second-order valence-electron chi connectivity index (χ2n) is 7.64. The van der Waals surface area contributed by atoms with E-state index in [0.29, 0.717) is 17.8 Å². The van der Waals surface area contributed by atoms with Crippen LogP contribution in [-0.4, -0.2) is 12.8 Å². The Morgan fingerprint density at radius 3 is 2.00 bits per heavy atom. The minimum absolute atomic E-state index is 0.0384. The van der Waals surface area contributed by atoms with Gasteiger partial charge in [-0.1, -0.05) is 84.4 Å². The van der Waals surface area contributed by atoms with E-state index in [4.69, 9.17) is 16.3 Å². The molecule has 0 radical (unpaired) electrons. The van der Waals surface area contributed by atoms with Crippen LogP contribution in [0.15, 0.2) is 103 Å². The predicted octanol–water partition coefficient (Wildman–Crippen LogP) is 6.29. The first-order chi connectivity index (χ1) is 14.5. The topological polar surface area (TPSA) is 26.3 Å². The summed E-state index contributed by atoms with van der Waals surface area (Å²) in [5.41, 5.74) is 3.01. The summed E-state index contributed by atoms with van der Waals surface area (Å²) in [4.78, 5) is 0. The fourth-order valence-electron chi connectivity index (χ4n) is 3.92. The quantitative estimate of drug-likeness (QED) is 0.336. The van der Waals surface area contributed by atoms with Gasteiger partial charge in [0.2, 0.25) is 0 Å². The van der Waals surface area contributed by atoms with Crippen molar-refractivity contribution >= 4 is 35.1 Å². The van der Waals surface area contributed by atoms with Gasteiger partial charge in [0.25, 0.3) is 0 Å². The third-order valence-electron chi connectivity index (χ3n) is 5.55. The van der Waals surface area contributed by atoms with Crippen LogP contribution in [0.4, 0.5) is 0 Å². The van der Waals surface area contributed by atoms with Gasteiger partial charge in [-0.15, -0.1) is 0 Å². The molecule has 0 aliphatic carbocycles. The molecule has 3 aromatic carbocycles. The van der Waals surface area contributed by atoms with Gasteiger partial charge in [0.05, 0.1) is 6.61 Å². The lowest BCUT2D eigenvalue weighted by molar-refractivity contribution is 0.282. The first-order valence-corrected chi connectivity index (χ1v) is 12.2. The first kappa shape index (κ1) is 20.7. The first-order valence-electron chi connectivity index (χ1n) is 9.96. The minimum Gasteiger partial charge on any atom is -0.492 e. The van der Waals surface area contributed by atoms with Crippen molar-refractivity contribution in [2.24, 2.45) is 5.92 Å². The summed E-state index contributed by atoms with van der Waals surface area (Å²) in [6.07, 6.45) is 0.413. The van der Waals surface area contributed by atoms with E-state index < -0.39 is 7.14 Å². The Labute approximate surface area is 183 Å². The van der Waals surface area contributed by atoms with E-state index in [1.807, 2.05) is 91.9 Å². The van der Waals surface area contributed by atoms with Crippen LogP contribution in [0, 0.1) is 5.92 Å². The van der Waals surface area contributed by atoms with Crippen molar-refractivity contribution in [3.8, 4) is 0 Å². The smallest absolute Gasteiger partial charge is 0.147 e. The van der Waals surface area contributed by atoms with E-state index >= 15 is 0 Å². The Kier molecular flexibility index (Phi) is 5.99. The second kappa shape index (κ2) is 8.68. The standard InChI is InChI=1S/C26H24ClO2P/c1-19(2)24-17-29-26(20-13-15-21(27)16-14-20)25(24)18-30(28,22-9-5-3-6-10-22)23-11-7-4-8-12-23/h3-16,24H,1,17-18H2,2H3. The van der Waals surface area contributed by atoms with Gasteiger partial charge in [-0.2, -0.15) is 0 Å². The van der Waals surface area contributed by atoms with Crippen molar-refractivity contribution in [2.75, 3.05) is 12.8 Å². The highest BCUT2D eigenvalue weighted by Gasteiger charge is 2.36. The summed E-state index contributed by atoms with van der Waals surface area (Å²) in [7, 11) is -2.92. The van der Waals surface area contributed by atoms with E-state index in [2.05, 4.69) is 6.58 Å². The van der Waals surface area contributed by atoms with Gasteiger partial charge in [0.15, 0.2) is 0 Å². The molecular formula is C26H24ClO2P. The molecular weight excluding hydrogens is 411 g/mol. The number of benzene rings is 3. The summed E-state index contributed by atoms with van der Waals surface area (Å²) < 4.78 is 20.8. The van der Waals surface area contributed by atoms with Crippen molar-refractivity contribution in [2.45, 2.75) is 6.92 Å². The summed E-state index contributed by atoms with van der Waals surface area (Å²) in [5.74, 6) is 0.836. The zero-order valence-corrected chi connectivity index (χ0v) is 18.6. The van der Waals surface area contributed by atoms with Crippen LogP contribution >= 0.6 is 18.7 Å². The molecule has 1 unspecified atom stereocenters. The summed E-state index contributed by atoms with van der Waals surface area (Å²) in [6, 6.07) is 27.1. The maximum absolute atomic E-state index is 14.6. The SMILES string of the molecule is C=C(C)C1COC(c2ccc(Cl)cc2)=C1CP(=O)(c1ccccc1)c1ccccc1. The third kappa shape index (κ3) is 4.03. The average molecular weight is 435 g/mol. The Hall–Kier alpha value is -2.54. The third-order valence-corrected chi connectivity index (χ3v) is 8.85. The molecule has 4 rings (SSSR count). The molecule has 1 aliphatic heterocycles. The molecule has 0 bridgehead atoms. The molecule has 152 valence electrons. The summed E-state index contributed by atoms with van der Waals surface area (Å²) in [6.45, 7) is 6.71. The van der Waals surface area contributed by atoms with E-state index in [9.17, 15) is 4.57 Å². The molecule has 0 saturated heterocycles. The molecule has 0 spiro atoms. The predicted molar refractivity (Wildman–Crippen MR) is 127 cm³/mol. The van der Waals surface area contributed by atoms with Crippen molar-refractivity contribution in [3.05, 3.63) is 113 Å². The molecule has 0 fully saturated rings. The summed E-state index contributed by atoms with van der Waals surface area (Å²) >= 11 is 6.08.